The summed E-state index contributed by atoms with van der Waals surface area (Å²) in [5.41, 5.74) is 6.07. The molecule has 1 unspecified atom stereocenters. The molecule has 1 aliphatic heterocycles. The zero-order valence-corrected chi connectivity index (χ0v) is 16.2. The van der Waals surface area contributed by atoms with Gasteiger partial charge in [0.25, 0.3) is 0 Å². The molecule has 24 heavy (non-hydrogen) atoms. The number of piperidine rings is 1. The van der Waals surface area contributed by atoms with Gasteiger partial charge in [0, 0.05) is 19.6 Å². The number of hydrogen-bond donors (Lipinski definition) is 1. The maximum Gasteiger partial charge on any atom is 0.416 e. The molecule has 3 nitrogen and oxygen atoms in total. The van der Waals surface area contributed by atoms with Crippen molar-refractivity contribution in [3.63, 3.8) is 0 Å². The Bertz CT molecular complexity index is 540. The van der Waals surface area contributed by atoms with Gasteiger partial charge in [0.15, 0.2) is 5.96 Å². The molecule has 2 rings (SSSR count). The third kappa shape index (κ3) is 6.14. The quantitative estimate of drug-likeness (QED) is 0.409. The number of guanidine groups is 1. The van der Waals surface area contributed by atoms with E-state index in [2.05, 4.69) is 9.89 Å². The van der Waals surface area contributed by atoms with E-state index in [1.807, 2.05) is 6.92 Å². The van der Waals surface area contributed by atoms with Crippen LogP contribution in [-0.2, 0) is 6.18 Å². The molecular weight excluding hydrogens is 430 g/mol. The maximum atomic E-state index is 12.8. The summed E-state index contributed by atoms with van der Waals surface area (Å²) in [6.45, 7) is 4.33. The van der Waals surface area contributed by atoms with Crippen LogP contribution in [0.25, 0.3) is 0 Å². The highest BCUT2D eigenvalue weighted by molar-refractivity contribution is 14.0. The average molecular weight is 455 g/mol. The number of hydrogen-bond acceptors (Lipinski definition) is 1. The standard InChI is InChI=1S/C17H24F3N3.HI/c1-13(14-6-5-7-15(12-14)17(18,19)20)8-9-22-16(21)23-10-3-2-4-11-23;/h5-7,12-13H,2-4,8-11H2,1H3,(H2,21,22);1H. The molecule has 1 fully saturated rings. The van der Waals surface area contributed by atoms with Gasteiger partial charge < -0.3 is 10.6 Å². The summed E-state index contributed by atoms with van der Waals surface area (Å²) in [6.07, 6.45) is -0.119. The van der Waals surface area contributed by atoms with E-state index in [1.165, 1.54) is 18.6 Å². The van der Waals surface area contributed by atoms with Gasteiger partial charge in [-0.1, -0.05) is 25.1 Å². The zero-order chi connectivity index (χ0) is 16.9. The van der Waals surface area contributed by atoms with Gasteiger partial charge in [-0.25, -0.2) is 0 Å². The van der Waals surface area contributed by atoms with E-state index in [0.29, 0.717) is 24.5 Å². The molecule has 0 bridgehead atoms. The lowest BCUT2D eigenvalue weighted by Gasteiger charge is -2.27. The van der Waals surface area contributed by atoms with Crippen molar-refractivity contribution in [3.8, 4) is 0 Å². The van der Waals surface area contributed by atoms with Crippen molar-refractivity contribution in [3.05, 3.63) is 35.4 Å². The lowest BCUT2D eigenvalue weighted by Crippen LogP contribution is -2.40. The van der Waals surface area contributed by atoms with Crippen LogP contribution in [0.5, 0.6) is 0 Å². The van der Waals surface area contributed by atoms with Crippen LogP contribution in [-0.4, -0.2) is 30.5 Å². The van der Waals surface area contributed by atoms with E-state index < -0.39 is 11.7 Å². The molecule has 1 atom stereocenters. The average Bonchev–Trinajstić information content (AvgIpc) is 2.54. The minimum atomic E-state index is -4.30. The molecule has 0 radical (unpaired) electrons. The Labute approximate surface area is 158 Å². The molecule has 0 aromatic heterocycles. The van der Waals surface area contributed by atoms with Crippen LogP contribution in [0.2, 0.25) is 0 Å². The first-order valence-electron chi connectivity index (χ1n) is 8.10. The summed E-state index contributed by atoms with van der Waals surface area (Å²) in [5, 5.41) is 0. The number of nitrogens with two attached hydrogens (primary N) is 1. The SMILES string of the molecule is CC(CCN=C(N)N1CCCCC1)c1cccc(C(F)(F)F)c1.I. The first-order chi connectivity index (χ1) is 10.9. The lowest BCUT2D eigenvalue weighted by atomic mass is 9.96. The molecule has 136 valence electrons. The van der Waals surface area contributed by atoms with E-state index in [1.54, 1.807) is 6.07 Å². The van der Waals surface area contributed by atoms with Crippen LogP contribution in [0, 0.1) is 0 Å². The summed E-state index contributed by atoms with van der Waals surface area (Å²) in [4.78, 5) is 6.46. The normalized spacial score (nSPS) is 17.3. The van der Waals surface area contributed by atoms with Gasteiger partial charge in [-0.3, -0.25) is 4.99 Å². The Hall–Kier alpha value is -0.990. The molecule has 1 heterocycles. The van der Waals surface area contributed by atoms with Crippen LogP contribution in [0.4, 0.5) is 13.2 Å². The Morgan fingerprint density at radius 3 is 2.54 bits per heavy atom. The summed E-state index contributed by atoms with van der Waals surface area (Å²) in [6, 6.07) is 5.52. The Balaban J connectivity index is 0.00000288. The Morgan fingerprint density at radius 2 is 1.92 bits per heavy atom. The zero-order valence-electron chi connectivity index (χ0n) is 13.9. The molecule has 1 aromatic rings. The van der Waals surface area contributed by atoms with E-state index in [9.17, 15) is 13.2 Å². The van der Waals surface area contributed by atoms with Crippen molar-refractivity contribution >= 4 is 29.9 Å². The molecule has 1 aromatic carbocycles. The van der Waals surface area contributed by atoms with Gasteiger partial charge in [0.2, 0.25) is 0 Å². The maximum absolute atomic E-state index is 12.8. The van der Waals surface area contributed by atoms with Crippen LogP contribution in [0.15, 0.2) is 29.3 Å². The van der Waals surface area contributed by atoms with Gasteiger partial charge in [-0.15, -0.1) is 24.0 Å². The lowest BCUT2D eigenvalue weighted by molar-refractivity contribution is -0.137. The fraction of sp³-hybridized carbons (Fsp3) is 0.588. The predicted octanol–water partition coefficient (Wildman–Crippen LogP) is 4.62. The number of aliphatic imine (C=N–C) groups is 1. The number of nitrogens with zero attached hydrogens (tertiary/aromatic N) is 2. The monoisotopic (exact) mass is 455 g/mol. The van der Waals surface area contributed by atoms with Crippen molar-refractivity contribution in [1.29, 1.82) is 0 Å². The summed E-state index contributed by atoms with van der Waals surface area (Å²) in [7, 11) is 0. The van der Waals surface area contributed by atoms with Gasteiger partial charge in [-0.2, -0.15) is 13.2 Å². The van der Waals surface area contributed by atoms with Gasteiger partial charge >= 0.3 is 6.18 Å². The highest BCUT2D eigenvalue weighted by Gasteiger charge is 2.30. The van der Waals surface area contributed by atoms with Gasteiger partial charge in [0.05, 0.1) is 5.56 Å². The van der Waals surface area contributed by atoms with Crippen LogP contribution in [0.1, 0.15) is 49.7 Å². The summed E-state index contributed by atoms with van der Waals surface area (Å²) >= 11 is 0. The number of halogens is 4. The van der Waals surface area contributed by atoms with Gasteiger partial charge in [-0.05, 0) is 43.2 Å². The number of benzene rings is 1. The second kappa shape index (κ2) is 9.48. The van der Waals surface area contributed by atoms with E-state index in [-0.39, 0.29) is 29.9 Å². The van der Waals surface area contributed by atoms with Crippen molar-refractivity contribution < 1.29 is 13.2 Å². The molecular formula is C17H25F3IN3. The molecule has 0 amide bonds. The second-order valence-electron chi connectivity index (χ2n) is 6.10. The molecule has 0 aliphatic carbocycles. The highest BCUT2D eigenvalue weighted by Crippen LogP contribution is 2.31. The first-order valence-corrected chi connectivity index (χ1v) is 8.10. The largest absolute Gasteiger partial charge is 0.416 e. The minimum Gasteiger partial charge on any atom is -0.370 e. The first kappa shape index (κ1) is 21.1. The Kier molecular flexibility index (Phi) is 8.32. The molecule has 1 aliphatic rings. The summed E-state index contributed by atoms with van der Waals surface area (Å²) < 4.78 is 38.3. The van der Waals surface area contributed by atoms with E-state index in [0.717, 1.165) is 32.0 Å². The van der Waals surface area contributed by atoms with Crippen molar-refractivity contribution in [2.75, 3.05) is 19.6 Å². The minimum absolute atomic E-state index is 0. The van der Waals surface area contributed by atoms with Gasteiger partial charge in [0.1, 0.15) is 0 Å². The van der Waals surface area contributed by atoms with Crippen LogP contribution >= 0.6 is 24.0 Å². The third-order valence-corrected chi connectivity index (χ3v) is 4.30. The molecule has 0 saturated carbocycles. The summed E-state index contributed by atoms with van der Waals surface area (Å²) in [5.74, 6) is 0.566. The fourth-order valence-electron chi connectivity index (χ4n) is 2.78. The third-order valence-electron chi connectivity index (χ3n) is 4.30. The molecule has 7 heteroatoms. The smallest absolute Gasteiger partial charge is 0.370 e. The highest BCUT2D eigenvalue weighted by atomic mass is 127. The number of alkyl halides is 3. The molecule has 1 saturated heterocycles. The fourth-order valence-corrected chi connectivity index (χ4v) is 2.78. The van der Waals surface area contributed by atoms with Crippen LogP contribution in [0.3, 0.4) is 0 Å². The molecule has 2 N–H and O–H groups in total. The number of rotatable bonds is 4. The van der Waals surface area contributed by atoms with E-state index >= 15 is 0 Å². The predicted molar refractivity (Wildman–Crippen MR) is 102 cm³/mol. The molecule has 0 spiro atoms. The second-order valence-corrected chi connectivity index (χ2v) is 6.10. The van der Waals surface area contributed by atoms with Crippen molar-refractivity contribution in [1.82, 2.24) is 4.90 Å². The number of likely N-dealkylation sites (tertiary alicyclic amines) is 1. The van der Waals surface area contributed by atoms with Crippen LogP contribution < -0.4 is 5.73 Å². The topological polar surface area (TPSA) is 41.6 Å². The Morgan fingerprint density at radius 1 is 1.25 bits per heavy atom. The van der Waals surface area contributed by atoms with E-state index in [4.69, 9.17) is 5.73 Å². The van der Waals surface area contributed by atoms with Crippen molar-refractivity contribution in [2.24, 2.45) is 10.7 Å². The van der Waals surface area contributed by atoms with Crippen molar-refractivity contribution in [2.45, 2.75) is 44.7 Å².